The van der Waals surface area contributed by atoms with Gasteiger partial charge in [0.05, 0.1) is 11.5 Å². The number of fused-ring (bicyclic) bond motifs is 5. The molecule has 148 valence electrons. The lowest BCUT2D eigenvalue weighted by atomic mass is 9.43. The van der Waals surface area contributed by atoms with Crippen molar-refractivity contribution < 1.29 is 24.2 Å². The van der Waals surface area contributed by atoms with E-state index in [9.17, 15) is 19.8 Å². The number of carboxylic acids is 1. The smallest absolute Gasteiger partial charge is 0.310 e. The van der Waals surface area contributed by atoms with Crippen molar-refractivity contribution >= 4 is 11.8 Å². The number of carbonyl (C=O) groups is 2. The number of carboxylic acid groups (broad SMARTS) is 1. The first-order valence-corrected chi connectivity index (χ1v) is 9.97. The van der Waals surface area contributed by atoms with Gasteiger partial charge < -0.3 is 10.2 Å². The maximum atomic E-state index is 16.8. The van der Waals surface area contributed by atoms with Gasteiger partial charge in [0.2, 0.25) is 0 Å². The highest BCUT2D eigenvalue weighted by Gasteiger charge is 2.74. The fourth-order valence-corrected chi connectivity index (χ4v) is 7.23. The van der Waals surface area contributed by atoms with Crippen LogP contribution in [0, 0.1) is 34.0 Å². The first kappa shape index (κ1) is 18.9. The number of rotatable bonds is 1. The Morgan fingerprint density at radius 2 is 1.93 bits per heavy atom. The third kappa shape index (κ3) is 1.92. The SMILES string of the molecule is C[C@H]1C[C@H]2[C@@H]3CCC4=CC(=O)C=C[C@]4(C)[C@@]3(F)[C@@H](O)C[C@]2(C)[C@@]1(C)C(=O)O. The Balaban J connectivity index is 1.85. The number of allylic oxidation sites excluding steroid dienone is 4. The lowest BCUT2D eigenvalue weighted by Crippen LogP contribution is -2.67. The highest BCUT2D eigenvalue weighted by Crippen LogP contribution is 2.72. The zero-order chi connectivity index (χ0) is 20.0. The van der Waals surface area contributed by atoms with Crippen molar-refractivity contribution in [1.82, 2.24) is 0 Å². The molecule has 0 aliphatic heterocycles. The Morgan fingerprint density at radius 3 is 2.56 bits per heavy atom. The molecule has 8 atom stereocenters. The van der Waals surface area contributed by atoms with Crippen LogP contribution in [0.5, 0.6) is 0 Å². The summed E-state index contributed by atoms with van der Waals surface area (Å²) in [6.45, 7) is 7.44. The lowest BCUT2D eigenvalue weighted by molar-refractivity contribution is -0.209. The van der Waals surface area contributed by atoms with Crippen LogP contribution in [0.25, 0.3) is 0 Å². The van der Waals surface area contributed by atoms with Crippen LogP contribution in [0.15, 0.2) is 23.8 Å². The molecule has 0 spiro atoms. The summed E-state index contributed by atoms with van der Waals surface area (Å²) in [6, 6.07) is 0. The van der Waals surface area contributed by atoms with Crippen LogP contribution in [0.2, 0.25) is 0 Å². The van der Waals surface area contributed by atoms with Crippen molar-refractivity contribution in [3.63, 3.8) is 0 Å². The molecule has 2 N–H and O–H groups in total. The second-order valence-electron chi connectivity index (χ2n) is 9.91. The predicted octanol–water partition coefficient (Wildman–Crippen LogP) is 3.69. The van der Waals surface area contributed by atoms with Crippen molar-refractivity contribution in [2.75, 3.05) is 0 Å². The molecule has 4 aliphatic carbocycles. The molecule has 0 radical (unpaired) electrons. The first-order valence-electron chi connectivity index (χ1n) is 9.97. The van der Waals surface area contributed by atoms with Gasteiger partial charge in [0.25, 0.3) is 0 Å². The fraction of sp³-hybridized carbons (Fsp3) is 0.727. The van der Waals surface area contributed by atoms with Gasteiger partial charge in [-0.05, 0) is 68.9 Å². The zero-order valence-electron chi connectivity index (χ0n) is 16.5. The van der Waals surface area contributed by atoms with Gasteiger partial charge in [-0.25, -0.2) is 4.39 Å². The predicted molar refractivity (Wildman–Crippen MR) is 98.6 cm³/mol. The molecule has 4 nitrogen and oxygen atoms in total. The van der Waals surface area contributed by atoms with Crippen molar-refractivity contribution in [3.8, 4) is 0 Å². The molecule has 0 aromatic rings. The second kappa shape index (κ2) is 5.31. The fourth-order valence-electron chi connectivity index (χ4n) is 7.23. The topological polar surface area (TPSA) is 74.6 Å². The number of aliphatic carboxylic acids is 1. The first-order chi connectivity index (χ1) is 12.4. The van der Waals surface area contributed by atoms with Crippen molar-refractivity contribution in [3.05, 3.63) is 23.8 Å². The van der Waals surface area contributed by atoms with Crippen LogP contribution in [-0.4, -0.2) is 33.7 Å². The third-order valence-corrected chi connectivity index (χ3v) is 9.25. The molecule has 0 saturated heterocycles. The van der Waals surface area contributed by atoms with Crippen LogP contribution in [0.1, 0.15) is 53.4 Å². The zero-order valence-corrected chi connectivity index (χ0v) is 16.5. The minimum Gasteiger partial charge on any atom is -0.481 e. The van der Waals surface area contributed by atoms with E-state index in [2.05, 4.69) is 0 Å². The Kier molecular flexibility index (Phi) is 3.71. The summed E-state index contributed by atoms with van der Waals surface area (Å²) >= 11 is 0. The van der Waals surface area contributed by atoms with Gasteiger partial charge in [-0.15, -0.1) is 0 Å². The average Bonchev–Trinajstić information content (AvgIpc) is 2.79. The molecule has 3 fully saturated rings. The number of hydrogen-bond acceptors (Lipinski definition) is 3. The van der Waals surface area contributed by atoms with Crippen LogP contribution >= 0.6 is 0 Å². The number of alkyl halides is 1. The highest BCUT2D eigenvalue weighted by atomic mass is 19.1. The van der Waals surface area contributed by atoms with Gasteiger partial charge in [0, 0.05) is 11.3 Å². The quantitative estimate of drug-likeness (QED) is 0.732. The number of aliphatic hydroxyl groups excluding tert-OH is 1. The summed E-state index contributed by atoms with van der Waals surface area (Å²) in [5.41, 5.74) is -3.81. The van der Waals surface area contributed by atoms with E-state index in [4.69, 9.17) is 0 Å². The molecule has 0 aromatic heterocycles. The van der Waals surface area contributed by atoms with Crippen LogP contribution in [0.3, 0.4) is 0 Å². The standard InChI is InChI=1S/C22H29FO4/c1-12-9-16-15-6-5-13-10-14(24)7-8-19(13,2)22(15,23)17(25)11-20(16,3)21(12,4)18(26)27/h7-8,10,12,15-17,25H,5-6,9,11H2,1-4H3,(H,26,27)/t12-,15-,16-,17-,19-,20-,21+,22-/m0/s1. The van der Waals surface area contributed by atoms with Gasteiger partial charge in [-0.2, -0.15) is 0 Å². The molecule has 27 heavy (non-hydrogen) atoms. The summed E-state index contributed by atoms with van der Waals surface area (Å²) in [4.78, 5) is 24.1. The van der Waals surface area contributed by atoms with E-state index in [-0.39, 0.29) is 24.0 Å². The molecular weight excluding hydrogens is 347 g/mol. The maximum absolute atomic E-state index is 16.8. The van der Waals surface area contributed by atoms with E-state index in [0.29, 0.717) is 19.3 Å². The maximum Gasteiger partial charge on any atom is 0.310 e. The van der Waals surface area contributed by atoms with Gasteiger partial charge in [0.1, 0.15) is 0 Å². The van der Waals surface area contributed by atoms with Crippen LogP contribution in [-0.2, 0) is 9.59 Å². The summed E-state index contributed by atoms with van der Waals surface area (Å²) < 4.78 is 16.8. The Bertz CT molecular complexity index is 787. The van der Waals surface area contributed by atoms with E-state index in [0.717, 1.165) is 5.57 Å². The van der Waals surface area contributed by atoms with E-state index in [1.54, 1.807) is 19.9 Å². The van der Waals surface area contributed by atoms with Gasteiger partial charge >= 0.3 is 5.97 Å². The molecule has 0 unspecified atom stereocenters. The summed E-state index contributed by atoms with van der Waals surface area (Å²) in [7, 11) is 0. The second-order valence-corrected chi connectivity index (χ2v) is 9.91. The minimum atomic E-state index is -1.89. The highest BCUT2D eigenvalue weighted by molar-refractivity contribution is 6.01. The number of aliphatic hydroxyl groups is 1. The molecule has 0 aromatic carbocycles. The molecule has 0 bridgehead atoms. The van der Waals surface area contributed by atoms with E-state index >= 15 is 4.39 Å². The lowest BCUT2D eigenvalue weighted by Gasteiger charge is -2.62. The molecule has 4 aliphatic rings. The Morgan fingerprint density at radius 1 is 1.26 bits per heavy atom. The number of halogens is 1. The van der Waals surface area contributed by atoms with E-state index in [1.165, 1.54) is 12.2 Å². The van der Waals surface area contributed by atoms with E-state index in [1.807, 2.05) is 13.8 Å². The molecule has 3 saturated carbocycles. The van der Waals surface area contributed by atoms with Crippen LogP contribution in [0.4, 0.5) is 4.39 Å². The number of carbonyl (C=O) groups excluding carboxylic acids is 1. The summed E-state index contributed by atoms with van der Waals surface area (Å²) in [6.07, 6.45) is 5.24. The summed E-state index contributed by atoms with van der Waals surface area (Å²) in [5.74, 6) is -1.61. The summed E-state index contributed by atoms with van der Waals surface area (Å²) in [5, 5.41) is 21.2. The Hall–Kier alpha value is -1.49. The molecule has 0 amide bonds. The van der Waals surface area contributed by atoms with Crippen molar-refractivity contribution in [2.45, 2.75) is 65.2 Å². The molecule has 5 heteroatoms. The van der Waals surface area contributed by atoms with Crippen LogP contribution < -0.4 is 0 Å². The van der Waals surface area contributed by atoms with Gasteiger partial charge in [0.15, 0.2) is 11.5 Å². The monoisotopic (exact) mass is 376 g/mol. The Labute approximate surface area is 159 Å². The molecule has 0 heterocycles. The largest absolute Gasteiger partial charge is 0.481 e. The minimum absolute atomic E-state index is 0.0900. The third-order valence-electron chi connectivity index (χ3n) is 9.25. The van der Waals surface area contributed by atoms with E-state index < -0.39 is 39.9 Å². The molecular formula is C22H29FO4. The number of hydrogen-bond donors (Lipinski definition) is 2. The average molecular weight is 376 g/mol. The van der Waals surface area contributed by atoms with Crippen molar-refractivity contribution in [2.24, 2.45) is 34.0 Å². The number of ketones is 1. The van der Waals surface area contributed by atoms with Gasteiger partial charge in [-0.3, -0.25) is 9.59 Å². The molecule has 4 rings (SSSR count). The van der Waals surface area contributed by atoms with Crippen molar-refractivity contribution in [1.29, 1.82) is 0 Å². The normalized spacial score (nSPS) is 54.0. The van der Waals surface area contributed by atoms with Gasteiger partial charge in [-0.1, -0.05) is 25.5 Å².